The Hall–Kier alpha value is -1.22. The molecule has 0 heterocycles. The third kappa shape index (κ3) is 1.99. The number of nitrogen functional groups attached to an aromatic ring is 1. The summed E-state index contributed by atoms with van der Waals surface area (Å²) in [4.78, 5) is 0. The Morgan fingerprint density at radius 1 is 1.36 bits per heavy atom. The molecule has 0 aliphatic heterocycles. The van der Waals surface area contributed by atoms with Crippen molar-refractivity contribution in [1.29, 1.82) is 0 Å². The van der Waals surface area contributed by atoms with E-state index in [9.17, 15) is 0 Å². The first-order valence-corrected chi connectivity index (χ1v) is 4.95. The second kappa shape index (κ2) is 3.50. The third-order valence-corrected chi connectivity index (χ3v) is 2.58. The van der Waals surface area contributed by atoms with Crippen molar-refractivity contribution < 1.29 is 5.11 Å². The second-order valence-electron chi connectivity index (χ2n) is 4.10. The SMILES string of the molecule is Cc1cc(N)cc(NC2CC(O)C2)c1. The van der Waals surface area contributed by atoms with Crippen LogP contribution in [-0.4, -0.2) is 17.3 Å². The van der Waals surface area contributed by atoms with E-state index < -0.39 is 0 Å². The zero-order valence-corrected chi connectivity index (χ0v) is 8.33. The van der Waals surface area contributed by atoms with E-state index in [0.29, 0.717) is 6.04 Å². The van der Waals surface area contributed by atoms with Gasteiger partial charge in [-0.05, 0) is 43.5 Å². The first-order valence-electron chi connectivity index (χ1n) is 4.95. The van der Waals surface area contributed by atoms with E-state index >= 15 is 0 Å². The minimum Gasteiger partial charge on any atom is -0.399 e. The van der Waals surface area contributed by atoms with Crippen LogP contribution in [0.25, 0.3) is 0 Å². The summed E-state index contributed by atoms with van der Waals surface area (Å²) in [6.07, 6.45) is 1.57. The van der Waals surface area contributed by atoms with Crippen molar-refractivity contribution in [3.05, 3.63) is 23.8 Å². The molecule has 4 N–H and O–H groups in total. The van der Waals surface area contributed by atoms with Gasteiger partial charge in [-0.25, -0.2) is 0 Å². The molecule has 14 heavy (non-hydrogen) atoms. The average Bonchev–Trinajstić information content (AvgIpc) is 1.99. The van der Waals surface area contributed by atoms with Gasteiger partial charge in [-0.2, -0.15) is 0 Å². The minimum absolute atomic E-state index is 0.116. The second-order valence-corrected chi connectivity index (χ2v) is 4.10. The molecule has 0 spiro atoms. The molecule has 0 amide bonds. The van der Waals surface area contributed by atoms with Gasteiger partial charge in [0.2, 0.25) is 0 Å². The lowest BCUT2D eigenvalue weighted by molar-refractivity contribution is 0.0836. The molecule has 0 radical (unpaired) electrons. The van der Waals surface area contributed by atoms with Crippen LogP contribution in [0.4, 0.5) is 11.4 Å². The zero-order chi connectivity index (χ0) is 10.1. The predicted molar refractivity (Wildman–Crippen MR) is 58.2 cm³/mol. The maximum absolute atomic E-state index is 9.14. The summed E-state index contributed by atoms with van der Waals surface area (Å²) < 4.78 is 0. The summed E-state index contributed by atoms with van der Waals surface area (Å²) in [5.41, 5.74) is 8.73. The number of hydrogen-bond acceptors (Lipinski definition) is 3. The van der Waals surface area contributed by atoms with Gasteiger partial charge in [0.05, 0.1) is 6.10 Å². The van der Waals surface area contributed by atoms with Crippen LogP contribution in [0, 0.1) is 6.92 Å². The Balaban J connectivity index is 2.02. The zero-order valence-electron chi connectivity index (χ0n) is 8.33. The van der Waals surface area contributed by atoms with Crippen molar-refractivity contribution >= 4 is 11.4 Å². The van der Waals surface area contributed by atoms with Gasteiger partial charge in [-0.15, -0.1) is 0 Å². The summed E-state index contributed by atoms with van der Waals surface area (Å²) in [7, 11) is 0. The van der Waals surface area contributed by atoms with Crippen LogP contribution in [0.3, 0.4) is 0 Å². The lowest BCUT2D eigenvalue weighted by Crippen LogP contribution is -2.38. The highest BCUT2D eigenvalue weighted by molar-refractivity contribution is 5.57. The van der Waals surface area contributed by atoms with Gasteiger partial charge in [0.15, 0.2) is 0 Å². The van der Waals surface area contributed by atoms with Crippen molar-refractivity contribution in [3.63, 3.8) is 0 Å². The van der Waals surface area contributed by atoms with Crippen molar-refractivity contribution in [2.24, 2.45) is 0 Å². The molecule has 1 aliphatic carbocycles. The fraction of sp³-hybridized carbons (Fsp3) is 0.455. The molecule has 3 nitrogen and oxygen atoms in total. The van der Waals surface area contributed by atoms with E-state index in [1.54, 1.807) is 0 Å². The Kier molecular flexibility index (Phi) is 2.33. The first-order chi connectivity index (χ1) is 6.63. The number of hydrogen-bond donors (Lipinski definition) is 3. The summed E-state index contributed by atoms with van der Waals surface area (Å²) in [5, 5.41) is 12.5. The average molecular weight is 192 g/mol. The quantitative estimate of drug-likeness (QED) is 0.622. The summed E-state index contributed by atoms with van der Waals surface area (Å²) in [5.74, 6) is 0. The highest BCUT2D eigenvalue weighted by Crippen LogP contribution is 2.25. The normalized spacial score (nSPS) is 25.6. The molecule has 2 rings (SSSR count). The molecule has 1 saturated carbocycles. The van der Waals surface area contributed by atoms with Crippen LogP contribution in [0.15, 0.2) is 18.2 Å². The standard InChI is InChI=1S/C11H16N2O/c1-7-2-8(12)4-9(3-7)13-10-5-11(14)6-10/h2-4,10-11,13-14H,5-6,12H2,1H3. The van der Waals surface area contributed by atoms with Crippen molar-refractivity contribution in [2.75, 3.05) is 11.1 Å². The van der Waals surface area contributed by atoms with Crippen LogP contribution in [0.2, 0.25) is 0 Å². The number of nitrogens with two attached hydrogens (primary N) is 1. The van der Waals surface area contributed by atoms with Crippen LogP contribution in [0.1, 0.15) is 18.4 Å². The molecule has 3 heteroatoms. The maximum atomic E-state index is 9.14. The Bertz CT molecular complexity index is 312. The summed E-state index contributed by atoms with van der Waals surface area (Å²) in [6, 6.07) is 6.35. The summed E-state index contributed by atoms with van der Waals surface area (Å²) >= 11 is 0. The van der Waals surface area contributed by atoms with E-state index in [1.807, 2.05) is 19.1 Å². The molecule has 1 aromatic rings. The molecule has 0 aromatic heterocycles. The topological polar surface area (TPSA) is 58.3 Å². The van der Waals surface area contributed by atoms with Gasteiger partial charge in [0, 0.05) is 17.4 Å². The largest absolute Gasteiger partial charge is 0.399 e. The number of benzene rings is 1. The van der Waals surface area contributed by atoms with Gasteiger partial charge in [-0.1, -0.05) is 0 Å². The lowest BCUT2D eigenvalue weighted by atomic mass is 9.89. The molecule has 0 atom stereocenters. The van der Waals surface area contributed by atoms with Gasteiger partial charge < -0.3 is 16.2 Å². The van der Waals surface area contributed by atoms with E-state index in [0.717, 1.165) is 29.8 Å². The molecule has 76 valence electrons. The number of aliphatic hydroxyl groups is 1. The van der Waals surface area contributed by atoms with Gasteiger partial charge in [0.1, 0.15) is 0 Å². The van der Waals surface area contributed by atoms with Crippen molar-refractivity contribution in [3.8, 4) is 0 Å². The number of nitrogens with one attached hydrogen (secondary N) is 1. The summed E-state index contributed by atoms with van der Waals surface area (Å²) in [6.45, 7) is 2.02. The fourth-order valence-corrected chi connectivity index (χ4v) is 1.84. The molecule has 0 unspecified atom stereocenters. The van der Waals surface area contributed by atoms with Crippen LogP contribution in [-0.2, 0) is 0 Å². The van der Waals surface area contributed by atoms with Crippen molar-refractivity contribution in [2.45, 2.75) is 31.9 Å². The van der Waals surface area contributed by atoms with E-state index in [-0.39, 0.29) is 6.10 Å². The maximum Gasteiger partial charge on any atom is 0.0579 e. The predicted octanol–water partition coefficient (Wildman–Crippen LogP) is 1.51. The van der Waals surface area contributed by atoms with Crippen molar-refractivity contribution in [1.82, 2.24) is 0 Å². The fourth-order valence-electron chi connectivity index (χ4n) is 1.84. The van der Waals surface area contributed by atoms with E-state index in [4.69, 9.17) is 10.8 Å². The number of aliphatic hydroxyl groups excluding tert-OH is 1. The molecule has 1 fully saturated rings. The van der Waals surface area contributed by atoms with Gasteiger partial charge in [0.25, 0.3) is 0 Å². The lowest BCUT2D eigenvalue weighted by Gasteiger charge is -2.32. The smallest absolute Gasteiger partial charge is 0.0579 e. The van der Waals surface area contributed by atoms with Crippen LogP contribution < -0.4 is 11.1 Å². The molecule has 1 aliphatic rings. The highest BCUT2D eigenvalue weighted by Gasteiger charge is 2.26. The monoisotopic (exact) mass is 192 g/mol. The van der Waals surface area contributed by atoms with Crippen LogP contribution >= 0.6 is 0 Å². The van der Waals surface area contributed by atoms with Gasteiger partial charge >= 0.3 is 0 Å². The number of aryl methyl sites for hydroxylation is 1. The molecule has 0 saturated heterocycles. The Morgan fingerprint density at radius 2 is 2.07 bits per heavy atom. The van der Waals surface area contributed by atoms with Crippen LogP contribution in [0.5, 0.6) is 0 Å². The third-order valence-electron chi connectivity index (χ3n) is 2.58. The Morgan fingerprint density at radius 3 is 2.64 bits per heavy atom. The number of rotatable bonds is 2. The Labute approximate surface area is 83.9 Å². The molecular weight excluding hydrogens is 176 g/mol. The van der Waals surface area contributed by atoms with E-state index in [2.05, 4.69) is 11.4 Å². The highest BCUT2D eigenvalue weighted by atomic mass is 16.3. The van der Waals surface area contributed by atoms with Gasteiger partial charge in [-0.3, -0.25) is 0 Å². The first kappa shape index (κ1) is 9.34. The molecule has 1 aromatic carbocycles. The molecular formula is C11H16N2O. The molecule has 0 bridgehead atoms. The van der Waals surface area contributed by atoms with E-state index in [1.165, 1.54) is 0 Å². The minimum atomic E-state index is -0.116. The number of anilines is 2.